The zero-order valence-electron chi connectivity index (χ0n) is 12.9. The summed E-state index contributed by atoms with van der Waals surface area (Å²) in [6.45, 7) is 2.04. The van der Waals surface area contributed by atoms with Crippen LogP contribution >= 0.6 is 0 Å². The molecule has 122 valence electrons. The summed E-state index contributed by atoms with van der Waals surface area (Å²) in [6.07, 6.45) is 2.25. The molecule has 1 atom stereocenters. The number of carbonyl (C=O) groups excluding carboxylic acids is 1. The van der Waals surface area contributed by atoms with Gasteiger partial charge in [0.05, 0.1) is 5.69 Å². The second-order valence-electron chi connectivity index (χ2n) is 5.55. The molecule has 7 nitrogen and oxygen atoms in total. The number of aromatic nitrogens is 3. The van der Waals surface area contributed by atoms with Crippen LogP contribution in [0.3, 0.4) is 0 Å². The van der Waals surface area contributed by atoms with Gasteiger partial charge in [0, 0.05) is 19.4 Å². The summed E-state index contributed by atoms with van der Waals surface area (Å²) in [5.74, 6) is -0.172. The van der Waals surface area contributed by atoms with E-state index < -0.39 is 17.1 Å². The number of para-hydroxylation sites is 1. The Bertz CT molecular complexity index is 814. The van der Waals surface area contributed by atoms with E-state index in [4.69, 9.17) is 4.74 Å². The molecule has 1 fully saturated rings. The fraction of sp³-hybridized carbons (Fsp3) is 0.438. The van der Waals surface area contributed by atoms with Crippen LogP contribution in [0.1, 0.15) is 32.6 Å². The number of rotatable bonds is 4. The summed E-state index contributed by atoms with van der Waals surface area (Å²) in [5.41, 5.74) is -2.13. The van der Waals surface area contributed by atoms with E-state index in [9.17, 15) is 14.4 Å². The summed E-state index contributed by atoms with van der Waals surface area (Å²) in [5, 5.41) is 2.50. The number of hydrogen-bond acceptors (Lipinski definition) is 4. The summed E-state index contributed by atoms with van der Waals surface area (Å²) in [4.78, 5) is 37.6. The Morgan fingerprint density at radius 2 is 1.91 bits per heavy atom. The number of nitrogens with zero attached hydrogens (tertiary/aromatic N) is 2. The van der Waals surface area contributed by atoms with Crippen molar-refractivity contribution in [3.63, 3.8) is 0 Å². The van der Waals surface area contributed by atoms with Crippen molar-refractivity contribution in [1.82, 2.24) is 14.3 Å². The lowest BCUT2D eigenvalue weighted by Gasteiger charge is -2.34. The summed E-state index contributed by atoms with van der Waals surface area (Å²) >= 11 is 0. The molecule has 1 heterocycles. The predicted molar refractivity (Wildman–Crippen MR) is 83.7 cm³/mol. The molecule has 0 radical (unpaired) electrons. The fourth-order valence-corrected chi connectivity index (χ4v) is 3.11. The molecule has 0 saturated heterocycles. The van der Waals surface area contributed by atoms with Crippen molar-refractivity contribution in [2.75, 3.05) is 6.61 Å². The molecule has 1 aliphatic rings. The molecule has 0 amide bonds. The van der Waals surface area contributed by atoms with E-state index in [1.54, 1.807) is 37.3 Å². The maximum atomic E-state index is 12.8. The molecule has 1 aromatic heterocycles. The molecule has 23 heavy (non-hydrogen) atoms. The first-order valence-corrected chi connectivity index (χ1v) is 7.77. The molecule has 0 spiro atoms. The lowest BCUT2D eigenvalue weighted by molar-refractivity contribution is -0.170. The number of Topliss-reactive ketones (excluding diaryl/α,β-unsaturated/α-hetero) is 1. The third kappa shape index (κ3) is 2.46. The van der Waals surface area contributed by atoms with Gasteiger partial charge in [-0.15, -0.1) is 0 Å². The second-order valence-corrected chi connectivity index (χ2v) is 5.55. The van der Waals surface area contributed by atoms with Crippen molar-refractivity contribution in [3.05, 3.63) is 51.3 Å². The third-order valence-corrected chi connectivity index (χ3v) is 4.16. The molecule has 2 aromatic rings. The SMILES string of the molecule is CCOC1(n2[nH]c(=O)n(-c3ccccc3)c2=O)CCCCC1=O. The van der Waals surface area contributed by atoms with Crippen LogP contribution in [0.4, 0.5) is 0 Å². The van der Waals surface area contributed by atoms with E-state index in [-0.39, 0.29) is 12.4 Å². The average Bonchev–Trinajstić information content (AvgIpc) is 2.86. The number of aromatic amines is 1. The monoisotopic (exact) mass is 317 g/mol. The Morgan fingerprint density at radius 3 is 2.57 bits per heavy atom. The van der Waals surface area contributed by atoms with Gasteiger partial charge in [-0.05, 0) is 31.9 Å². The molecule has 0 aliphatic heterocycles. The van der Waals surface area contributed by atoms with E-state index in [0.29, 0.717) is 18.5 Å². The minimum atomic E-state index is -1.40. The van der Waals surface area contributed by atoms with Gasteiger partial charge in [0.2, 0.25) is 5.72 Å². The smallest absolute Gasteiger partial charge is 0.347 e. The number of benzene rings is 1. The van der Waals surface area contributed by atoms with Crippen LogP contribution in [0.25, 0.3) is 5.69 Å². The number of hydrogen-bond donors (Lipinski definition) is 1. The number of carbonyl (C=O) groups is 1. The van der Waals surface area contributed by atoms with Gasteiger partial charge >= 0.3 is 11.4 Å². The van der Waals surface area contributed by atoms with E-state index in [1.807, 2.05) is 0 Å². The maximum Gasteiger partial charge on any atom is 0.354 e. The van der Waals surface area contributed by atoms with Crippen molar-refractivity contribution in [1.29, 1.82) is 0 Å². The van der Waals surface area contributed by atoms with Crippen molar-refractivity contribution in [2.45, 2.75) is 38.3 Å². The highest BCUT2D eigenvalue weighted by molar-refractivity contribution is 5.85. The highest BCUT2D eigenvalue weighted by Gasteiger charge is 2.45. The minimum Gasteiger partial charge on any atom is -0.347 e. The highest BCUT2D eigenvalue weighted by Crippen LogP contribution is 2.31. The Kier molecular flexibility index (Phi) is 4.04. The van der Waals surface area contributed by atoms with E-state index in [0.717, 1.165) is 22.1 Å². The summed E-state index contributed by atoms with van der Waals surface area (Å²) in [7, 11) is 0. The van der Waals surface area contributed by atoms with E-state index >= 15 is 0 Å². The van der Waals surface area contributed by atoms with Gasteiger partial charge in [0.25, 0.3) is 0 Å². The highest BCUT2D eigenvalue weighted by atomic mass is 16.5. The first kappa shape index (κ1) is 15.5. The van der Waals surface area contributed by atoms with Gasteiger partial charge < -0.3 is 4.74 Å². The number of nitrogens with one attached hydrogen (secondary N) is 1. The van der Waals surface area contributed by atoms with Gasteiger partial charge in [-0.2, -0.15) is 4.68 Å². The van der Waals surface area contributed by atoms with Gasteiger partial charge in [-0.1, -0.05) is 18.2 Å². The van der Waals surface area contributed by atoms with Crippen molar-refractivity contribution in [2.24, 2.45) is 0 Å². The number of ketones is 1. The van der Waals surface area contributed by atoms with E-state index in [2.05, 4.69) is 5.10 Å². The first-order valence-electron chi connectivity index (χ1n) is 7.77. The summed E-state index contributed by atoms with van der Waals surface area (Å²) < 4.78 is 7.76. The van der Waals surface area contributed by atoms with Crippen LogP contribution in [0.15, 0.2) is 39.9 Å². The zero-order chi connectivity index (χ0) is 16.4. The topological polar surface area (TPSA) is 86.1 Å². The molecular formula is C16H19N3O4. The molecule has 1 unspecified atom stereocenters. The molecule has 1 saturated carbocycles. The molecule has 7 heteroatoms. The van der Waals surface area contributed by atoms with Crippen molar-refractivity contribution >= 4 is 5.78 Å². The van der Waals surface area contributed by atoms with Gasteiger partial charge in [-0.3, -0.25) is 4.79 Å². The van der Waals surface area contributed by atoms with Crippen LogP contribution in [-0.2, 0) is 15.3 Å². The van der Waals surface area contributed by atoms with Crippen LogP contribution in [0, 0.1) is 0 Å². The van der Waals surface area contributed by atoms with E-state index in [1.165, 1.54) is 0 Å². The Labute approximate surface area is 132 Å². The minimum absolute atomic E-state index is 0.172. The van der Waals surface area contributed by atoms with Gasteiger partial charge in [0.1, 0.15) is 0 Å². The zero-order valence-corrected chi connectivity index (χ0v) is 12.9. The van der Waals surface area contributed by atoms with Gasteiger partial charge in [0.15, 0.2) is 5.78 Å². The molecule has 1 N–H and O–H groups in total. The molecular weight excluding hydrogens is 298 g/mol. The second kappa shape index (κ2) is 6.00. The number of H-pyrrole nitrogens is 1. The first-order chi connectivity index (χ1) is 11.1. The van der Waals surface area contributed by atoms with Crippen LogP contribution in [-0.4, -0.2) is 26.7 Å². The average molecular weight is 317 g/mol. The van der Waals surface area contributed by atoms with Gasteiger partial charge in [-0.25, -0.2) is 19.3 Å². The quantitative estimate of drug-likeness (QED) is 0.917. The molecule has 3 rings (SSSR count). The van der Waals surface area contributed by atoms with Crippen LogP contribution < -0.4 is 11.4 Å². The normalized spacial score (nSPS) is 21.5. The number of ether oxygens (including phenoxy) is 1. The van der Waals surface area contributed by atoms with Crippen molar-refractivity contribution < 1.29 is 9.53 Å². The maximum absolute atomic E-state index is 12.8. The van der Waals surface area contributed by atoms with Crippen LogP contribution in [0.2, 0.25) is 0 Å². The Balaban J connectivity index is 2.19. The molecule has 0 bridgehead atoms. The summed E-state index contributed by atoms with van der Waals surface area (Å²) in [6, 6.07) is 8.60. The lowest BCUT2D eigenvalue weighted by atomic mass is 9.90. The Morgan fingerprint density at radius 1 is 1.17 bits per heavy atom. The standard InChI is InChI=1S/C16H19N3O4/c1-2-23-16(11-7-6-10-13(16)20)19-15(22)18(14(21)17-19)12-8-4-3-5-9-12/h3-5,8-9H,2,6-7,10-11H2,1H3,(H,17,21). The lowest BCUT2D eigenvalue weighted by Crippen LogP contribution is -2.51. The molecule has 1 aliphatic carbocycles. The van der Waals surface area contributed by atoms with Crippen molar-refractivity contribution in [3.8, 4) is 5.69 Å². The molecule has 1 aromatic carbocycles. The van der Waals surface area contributed by atoms with Crippen LogP contribution in [0.5, 0.6) is 0 Å². The third-order valence-electron chi connectivity index (χ3n) is 4.16. The Hall–Kier alpha value is -2.41. The predicted octanol–water partition coefficient (Wildman–Crippen LogP) is 1.16. The fourth-order valence-electron chi connectivity index (χ4n) is 3.11. The largest absolute Gasteiger partial charge is 0.354 e.